The average Bonchev–Trinajstić information content (AvgIpc) is 2.54. The zero-order valence-electron chi connectivity index (χ0n) is 13.7. The van der Waals surface area contributed by atoms with Crippen LogP contribution in [0.5, 0.6) is 5.75 Å². The number of ether oxygens (including phenoxy) is 1. The number of anilines is 1. The monoisotopic (exact) mass is 312 g/mol. The molecule has 122 valence electrons. The van der Waals surface area contributed by atoms with Gasteiger partial charge in [-0.2, -0.15) is 0 Å². The van der Waals surface area contributed by atoms with E-state index < -0.39 is 0 Å². The number of urea groups is 1. The fourth-order valence-corrected chi connectivity index (χ4v) is 2.20. The van der Waals surface area contributed by atoms with Crippen LogP contribution in [0.3, 0.4) is 0 Å². The molecule has 0 bridgehead atoms. The zero-order chi connectivity index (χ0) is 16.5. The summed E-state index contributed by atoms with van der Waals surface area (Å²) in [6.07, 6.45) is 2.02. The lowest BCUT2D eigenvalue weighted by atomic mass is 10.1. The van der Waals surface area contributed by atoms with E-state index in [1.807, 2.05) is 56.3 Å². The second-order valence-corrected chi connectivity index (χ2v) is 5.66. The van der Waals surface area contributed by atoms with Gasteiger partial charge in [-0.3, -0.25) is 0 Å². The molecule has 2 rings (SSSR count). The third-order valence-electron chi connectivity index (χ3n) is 3.25. The first-order valence-electron chi connectivity index (χ1n) is 7.99. The van der Waals surface area contributed by atoms with Crippen molar-refractivity contribution in [1.29, 1.82) is 0 Å². The molecule has 0 heterocycles. The summed E-state index contributed by atoms with van der Waals surface area (Å²) in [5.41, 5.74) is 2.04. The molecule has 0 radical (unpaired) electrons. The maximum absolute atomic E-state index is 11.8. The van der Waals surface area contributed by atoms with E-state index >= 15 is 0 Å². The van der Waals surface area contributed by atoms with Crippen molar-refractivity contribution in [1.82, 2.24) is 5.32 Å². The summed E-state index contributed by atoms with van der Waals surface area (Å²) in [5, 5.41) is 5.68. The van der Waals surface area contributed by atoms with E-state index in [9.17, 15) is 4.79 Å². The Morgan fingerprint density at radius 2 is 1.74 bits per heavy atom. The van der Waals surface area contributed by atoms with Crippen molar-refractivity contribution in [3.05, 3.63) is 60.2 Å². The topological polar surface area (TPSA) is 50.4 Å². The Bertz CT molecular complexity index is 595. The molecule has 0 spiro atoms. The quantitative estimate of drug-likeness (QED) is 0.752. The molecule has 2 amide bonds. The Kier molecular flexibility index (Phi) is 6.48. The maximum Gasteiger partial charge on any atom is 0.319 e. The zero-order valence-corrected chi connectivity index (χ0v) is 13.7. The van der Waals surface area contributed by atoms with E-state index in [4.69, 9.17) is 4.74 Å². The first-order chi connectivity index (χ1) is 11.1. The molecule has 2 N–H and O–H groups in total. The molecule has 0 fully saturated rings. The Morgan fingerprint density at radius 1 is 1.04 bits per heavy atom. The predicted molar refractivity (Wildman–Crippen MR) is 94.0 cm³/mol. The van der Waals surface area contributed by atoms with Crippen molar-refractivity contribution >= 4 is 11.7 Å². The Balaban J connectivity index is 1.68. The predicted octanol–water partition coefficient (Wildman–Crippen LogP) is 4.23. The number of benzene rings is 2. The van der Waals surface area contributed by atoms with Crippen LogP contribution in [0.15, 0.2) is 54.6 Å². The lowest BCUT2D eigenvalue weighted by molar-refractivity contribution is 0.242. The minimum absolute atomic E-state index is 0.140. The summed E-state index contributed by atoms with van der Waals surface area (Å²) >= 11 is 0. The first kappa shape index (κ1) is 16.9. The molecule has 4 nitrogen and oxygen atoms in total. The van der Waals surface area contributed by atoms with Crippen LogP contribution < -0.4 is 15.4 Å². The first-order valence-corrected chi connectivity index (χ1v) is 7.99. The van der Waals surface area contributed by atoms with Gasteiger partial charge in [0.2, 0.25) is 0 Å². The number of hydrogen-bond donors (Lipinski definition) is 2. The lowest BCUT2D eigenvalue weighted by Crippen LogP contribution is -2.29. The fraction of sp³-hybridized carbons (Fsp3) is 0.316. The Hall–Kier alpha value is -2.49. The minimum atomic E-state index is -0.185. The van der Waals surface area contributed by atoms with Crippen molar-refractivity contribution in [3.8, 4) is 5.75 Å². The van der Waals surface area contributed by atoms with E-state index in [1.165, 1.54) is 5.56 Å². The highest BCUT2D eigenvalue weighted by Gasteiger charge is 2.02. The van der Waals surface area contributed by atoms with Crippen molar-refractivity contribution in [2.75, 3.05) is 11.9 Å². The van der Waals surface area contributed by atoms with Gasteiger partial charge in [0.25, 0.3) is 0 Å². The van der Waals surface area contributed by atoms with Gasteiger partial charge in [-0.15, -0.1) is 0 Å². The summed E-state index contributed by atoms with van der Waals surface area (Å²) in [4.78, 5) is 11.8. The molecule has 0 aliphatic heterocycles. The summed E-state index contributed by atoms with van der Waals surface area (Å²) in [6.45, 7) is 4.61. The third kappa shape index (κ3) is 6.43. The molecule has 23 heavy (non-hydrogen) atoms. The van der Waals surface area contributed by atoms with Crippen LogP contribution in [0.4, 0.5) is 10.5 Å². The maximum atomic E-state index is 11.8. The van der Waals surface area contributed by atoms with Gasteiger partial charge in [0.1, 0.15) is 5.75 Å². The Labute approximate surface area is 137 Å². The van der Waals surface area contributed by atoms with E-state index in [2.05, 4.69) is 22.8 Å². The Morgan fingerprint density at radius 3 is 2.39 bits per heavy atom. The van der Waals surface area contributed by atoms with Crippen LogP contribution in [0, 0.1) is 0 Å². The average molecular weight is 312 g/mol. The molecule has 4 heteroatoms. The molecule has 0 unspecified atom stereocenters. The second kappa shape index (κ2) is 8.83. The van der Waals surface area contributed by atoms with Gasteiger partial charge >= 0.3 is 6.03 Å². The van der Waals surface area contributed by atoms with Crippen molar-refractivity contribution in [2.45, 2.75) is 32.8 Å². The fourth-order valence-electron chi connectivity index (χ4n) is 2.20. The molecule has 0 aromatic heterocycles. The van der Waals surface area contributed by atoms with Crippen molar-refractivity contribution in [2.24, 2.45) is 0 Å². The highest BCUT2D eigenvalue weighted by Crippen LogP contribution is 2.16. The van der Waals surface area contributed by atoms with Crippen LogP contribution >= 0.6 is 0 Å². The second-order valence-electron chi connectivity index (χ2n) is 5.66. The van der Waals surface area contributed by atoms with Crippen LogP contribution in [0.2, 0.25) is 0 Å². The van der Waals surface area contributed by atoms with Gasteiger partial charge in [-0.1, -0.05) is 30.3 Å². The van der Waals surface area contributed by atoms with E-state index in [0.29, 0.717) is 6.54 Å². The van der Waals surface area contributed by atoms with Crippen LogP contribution in [0.25, 0.3) is 0 Å². The van der Waals surface area contributed by atoms with Gasteiger partial charge in [-0.05, 0) is 56.5 Å². The van der Waals surface area contributed by atoms with Gasteiger partial charge < -0.3 is 15.4 Å². The number of aryl methyl sites for hydroxylation is 1. The smallest absolute Gasteiger partial charge is 0.319 e. The largest absolute Gasteiger partial charge is 0.491 e. The van der Waals surface area contributed by atoms with E-state index in [1.54, 1.807) is 0 Å². The summed E-state index contributed by atoms with van der Waals surface area (Å²) in [7, 11) is 0. The number of carbonyl (C=O) groups is 1. The molecule has 0 atom stereocenters. The molecule has 0 saturated carbocycles. The number of nitrogens with one attached hydrogen (secondary N) is 2. The number of rotatable bonds is 7. The third-order valence-corrected chi connectivity index (χ3v) is 3.25. The SMILES string of the molecule is CC(C)Oc1ccc(NC(=O)NCCCc2ccccc2)cc1. The number of hydrogen-bond acceptors (Lipinski definition) is 2. The van der Waals surface area contributed by atoms with Gasteiger partial charge in [0, 0.05) is 12.2 Å². The van der Waals surface area contributed by atoms with Gasteiger partial charge in [-0.25, -0.2) is 4.79 Å². The number of amides is 2. The van der Waals surface area contributed by atoms with Gasteiger partial charge in [0.05, 0.1) is 6.10 Å². The van der Waals surface area contributed by atoms with Crippen molar-refractivity contribution in [3.63, 3.8) is 0 Å². The van der Waals surface area contributed by atoms with E-state index in [0.717, 1.165) is 24.3 Å². The normalized spacial score (nSPS) is 10.4. The molecule has 2 aromatic carbocycles. The molecule has 0 aliphatic carbocycles. The minimum Gasteiger partial charge on any atom is -0.491 e. The lowest BCUT2D eigenvalue weighted by Gasteiger charge is -2.11. The summed E-state index contributed by atoms with van der Waals surface area (Å²) in [5.74, 6) is 0.800. The van der Waals surface area contributed by atoms with Crippen molar-refractivity contribution < 1.29 is 9.53 Å². The molecule has 0 aliphatic rings. The van der Waals surface area contributed by atoms with Crippen LogP contribution in [0.1, 0.15) is 25.8 Å². The summed E-state index contributed by atoms with van der Waals surface area (Å²) in [6, 6.07) is 17.5. The number of carbonyl (C=O) groups excluding carboxylic acids is 1. The van der Waals surface area contributed by atoms with Crippen LogP contribution in [-0.4, -0.2) is 18.7 Å². The highest BCUT2D eigenvalue weighted by atomic mass is 16.5. The highest BCUT2D eigenvalue weighted by molar-refractivity contribution is 5.89. The molecular formula is C19H24N2O2. The molecule has 2 aromatic rings. The molecule has 0 saturated heterocycles. The van der Waals surface area contributed by atoms with Crippen LogP contribution in [-0.2, 0) is 6.42 Å². The summed E-state index contributed by atoms with van der Waals surface area (Å²) < 4.78 is 5.57. The van der Waals surface area contributed by atoms with E-state index in [-0.39, 0.29) is 12.1 Å². The standard InChI is InChI=1S/C19H24N2O2/c1-15(2)23-18-12-10-17(11-13-18)21-19(22)20-14-6-9-16-7-4-3-5-8-16/h3-5,7-8,10-13,15H,6,9,14H2,1-2H3,(H2,20,21,22). The van der Waals surface area contributed by atoms with Gasteiger partial charge in [0.15, 0.2) is 0 Å². The molecular weight excluding hydrogens is 288 g/mol.